The van der Waals surface area contributed by atoms with Crippen molar-refractivity contribution in [1.82, 2.24) is 10.6 Å². The largest absolute Gasteiger partial charge is 0.356 e. The first-order valence-corrected chi connectivity index (χ1v) is 7.92. The fourth-order valence-electron chi connectivity index (χ4n) is 1.78. The zero-order chi connectivity index (χ0) is 12.9. The van der Waals surface area contributed by atoms with Crippen LogP contribution in [-0.4, -0.2) is 45.5 Å². The van der Waals surface area contributed by atoms with Gasteiger partial charge in [0.2, 0.25) is 0 Å². The van der Waals surface area contributed by atoms with Crippen LogP contribution in [-0.2, 0) is 9.84 Å². The van der Waals surface area contributed by atoms with E-state index in [9.17, 15) is 8.42 Å². The van der Waals surface area contributed by atoms with Gasteiger partial charge < -0.3 is 10.6 Å². The van der Waals surface area contributed by atoms with Crippen LogP contribution in [0.15, 0.2) is 4.99 Å². The fraction of sp³-hybridized carbons (Fsp3) is 0.909. The number of hydrogen-bond donors (Lipinski definition) is 2. The second-order valence-corrected chi connectivity index (χ2v) is 7.15. The lowest BCUT2D eigenvalue weighted by Gasteiger charge is -2.16. The number of aliphatic imine (C=N–C) groups is 1. The highest BCUT2D eigenvalue weighted by Gasteiger charge is 2.28. The van der Waals surface area contributed by atoms with Crippen molar-refractivity contribution in [2.24, 2.45) is 10.9 Å². The van der Waals surface area contributed by atoms with Gasteiger partial charge in [-0.15, -0.1) is 24.0 Å². The molecule has 0 bridgehead atoms. The number of halogens is 1. The SMILES string of the molecule is CN=C(NCCC(C)C)NC1CCS(=O)(=O)C1.I. The number of hydrogen-bond acceptors (Lipinski definition) is 3. The van der Waals surface area contributed by atoms with E-state index in [1.165, 1.54) is 0 Å². The first-order chi connectivity index (χ1) is 7.93. The summed E-state index contributed by atoms with van der Waals surface area (Å²) in [5.74, 6) is 1.85. The molecule has 2 N–H and O–H groups in total. The Kier molecular flexibility index (Phi) is 8.16. The molecule has 1 unspecified atom stereocenters. The van der Waals surface area contributed by atoms with Crippen molar-refractivity contribution in [2.75, 3.05) is 25.1 Å². The van der Waals surface area contributed by atoms with Crippen molar-refractivity contribution in [1.29, 1.82) is 0 Å². The van der Waals surface area contributed by atoms with Gasteiger partial charge >= 0.3 is 0 Å². The van der Waals surface area contributed by atoms with Gasteiger partial charge in [0.1, 0.15) is 0 Å². The van der Waals surface area contributed by atoms with Gasteiger partial charge in [0, 0.05) is 19.6 Å². The Bertz CT molecular complexity index is 368. The number of nitrogens with zero attached hydrogens (tertiary/aromatic N) is 1. The molecule has 0 amide bonds. The van der Waals surface area contributed by atoms with Gasteiger partial charge in [-0.2, -0.15) is 0 Å². The van der Waals surface area contributed by atoms with Crippen LogP contribution in [0.1, 0.15) is 26.7 Å². The number of rotatable bonds is 4. The topological polar surface area (TPSA) is 70.6 Å². The minimum absolute atomic E-state index is 0. The Morgan fingerprint density at radius 1 is 1.44 bits per heavy atom. The van der Waals surface area contributed by atoms with Crippen LogP contribution in [0.3, 0.4) is 0 Å². The van der Waals surface area contributed by atoms with Crippen LogP contribution in [0.25, 0.3) is 0 Å². The van der Waals surface area contributed by atoms with Crippen molar-refractivity contribution < 1.29 is 8.42 Å². The monoisotopic (exact) mass is 389 g/mol. The van der Waals surface area contributed by atoms with Crippen molar-refractivity contribution >= 4 is 39.8 Å². The van der Waals surface area contributed by atoms with E-state index < -0.39 is 9.84 Å². The predicted octanol–water partition coefficient (Wildman–Crippen LogP) is 1.00. The molecule has 1 aliphatic rings. The minimum Gasteiger partial charge on any atom is -0.356 e. The molecule has 18 heavy (non-hydrogen) atoms. The van der Waals surface area contributed by atoms with Crippen molar-refractivity contribution in [3.8, 4) is 0 Å². The summed E-state index contributed by atoms with van der Waals surface area (Å²) in [6, 6.07) is 0.00486. The Hall–Kier alpha value is -0.0500. The third-order valence-electron chi connectivity index (χ3n) is 2.81. The molecule has 1 atom stereocenters. The van der Waals surface area contributed by atoms with Crippen molar-refractivity contribution in [3.63, 3.8) is 0 Å². The summed E-state index contributed by atoms with van der Waals surface area (Å²) < 4.78 is 22.6. The normalized spacial score (nSPS) is 22.7. The molecule has 7 heteroatoms. The van der Waals surface area contributed by atoms with Gasteiger partial charge in [-0.1, -0.05) is 13.8 Å². The fourth-order valence-corrected chi connectivity index (χ4v) is 3.45. The molecule has 0 saturated carbocycles. The predicted molar refractivity (Wildman–Crippen MR) is 86.4 cm³/mol. The van der Waals surface area contributed by atoms with Crippen LogP contribution >= 0.6 is 24.0 Å². The first-order valence-electron chi connectivity index (χ1n) is 6.10. The number of guanidine groups is 1. The quantitative estimate of drug-likeness (QED) is 0.428. The van der Waals surface area contributed by atoms with Gasteiger partial charge in [0.25, 0.3) is 0 Å². The highest BCUT2D eigenvalue weighted by molar-refractivity contribution is 14.0. The van der Waals surface area contributed by atoms with E-state index in [0.717, 1.165) is 13.0 Å². The van der Waals surface area contributed by atoms with Crippen molar-refractivity contribution in [2.45, 2.75) is 32.7 Å². The highest BCUT2D eigenvalue weighted by Crippen LogP contribution is 2.10. The Morgan fingerprint density at radius 2 is 2.11 bits per heavy atom. The zero-order valence-electron chi connectivity index (χ0n) is 11.3. The third-order valence-corrected chi connectivity index (χ3v) is 4.58. The molecule has 1 aliphatic heterocycles. The smallest absolute Gasteiger partial charge is 0.191 e. The lowest BCUT2D eigenvalue weighted by atomic mass is 10.1. The summed E-state index contributed by atoms with van der Waals surface area (Å²) in [6.45, 7) is 5.19. The van der Waals surface area contributed by atoms with Gasteiger partial charge in [0.05, 0.1) is 11.5 Å². The van der Waals surface area contributed by atoms with Crippen molar-refractivity contribution in [3.05, 3.63) is 0 Å². The van der Waals surface area contributed by atoms with Crippen LogP contribution in [0.4, 0.5) is 0 Å². The highest BCUT2D eigenvalue weighted by atomic mass is 127. The average molecular weight is 389 g/mol. The molecule has 1 saturated heterocycles. The molecule has 1 heterocycles. The van der Waals surface area contributed by atoms with Gasteiger partial charge in [-0.3, -0.25) is 4.99 Å². The third kappa shape index (κ3) is 6.77. The second-order valence-electron chi connectivity index (χ2n) is 4.93. The maximum atomic E-state index is 11.3. The molecule has 0 radical (unpaired) electrons. The minimum atomic E-state index is -2.83. The molecule has 108 valence electrons. The molecular weight excluding hydrogens is 365 g/mol. The van der Waals surface area contributed by atoms with E-state index in [4.69, 9.17) is 0 Å². The number of nitrogens with one attached hydrogen (secondary N) is 2. The lowest BCUT2D eigenvalue weighted by molar-refractivity contribution is 0.567. The molecule has 5 nitrogen and oxygen atoms in total. The zero-order valence-corrected chi connectivity index (χ0v) is 14.4. The molecule has 0 aromatic heterocycles. The summed E-state index contributed by atoms with van der Waals surface area (Å²) in [4.78, 5) is 4.10. The average Bonchev–Trinajstić information content (AvgIpc) is 2.56. The van der Waals surface area contributed by atoms with E-state index in [-0.39, 0.29) is 41.5 Å². The number of sulfone groups is 1. The van der Waals surface area contributed by atoms with Gasteiger partial charge in [-0.25, -0.2) is 8.42 Å². The molecule has 0 spiro atoms. The standard InChI is InChI=1S/C11H23N3O2S.HI/c1-9(2)4-6-13-11(12-3)14-10-5-7-17(15,16)8-10;/h9-10H,4-8H2,1-3H3,(H2,12,13,14);1H. The molecule has 1 fully saturated rings. The van der Waals surface area contributed by atoms with E-state index >= 15 is 0 Å². The van der Waals surface area contributed by atoms with E-state index in [1.807, 2.05) is 0 Å². The molecule has 1 rings (SSSR count). The summed E-state index contributed by atoms with van der Waals surface area (Å²) in [6.07, 6.45) is 1.75. The van der Waals surface area contributed by atoms with Crippen LogP contribution in [0, 0.1) is 5.92 Å². The van der Waals surface area contributed by atoms with Crippen LogP contribution < -0.4 is 10.6 Å². The molecule has 0 aromatic rings. The summed E-state index contributed by atoms with van der Waals surface area (Å²) in [5, 5.41) is 6.35. The first kappa shape index (κ1) is 17.9. The van der Waals surface area contributed by atoms with E-state index in [0.29, 0.717) is 18.3 Å². The summed E-state index contributed by atoms with van der Waals surface area (Å²) in [7, 11) is -1.13. The Morgan fingerprint density at radius 3 is 2.56 bits per heavy atom. The van der Waals surface area contributed by atoms with Crippen LogP contribution in [0.5, 0.6) is 0 Å². The molecular formula is C11H24IN3O2S. The van der Waals surface area contributed by atoms with Crippen LogP contribution in [0.2, 0.25) is 0 Å². The van der Waals surface area contributed by atoms with Gasteiger partial charge in [0.15, 0.2) is 15.8 Å². The summed E-state index contributed by atoms with van der Waals surface area (Å²) >= 11 is 0. The lowest BCUT2D eigenvalue weighted by Crippen LogP contribution is -2.44. The van der Waals surface area contributed by atoms with E-state index in [2.05, 4.69) is 29.5 Å². The second kappa shape index (κ2) is 8.19. The maximum Gasteiger partial charge on any atom is 0.191 e. The van der Waals surface area contributed by atoms with E-state index in [1.54, 1.807) is 7.05 Å². The maximum absolute atomic E-state index is 11.3. The Balaban J connectivity index is 0.00000289. The molecule has 0 aromatic carbocycles. The summed E-state index contributed by atoms with van der Waals surface area (Å²) in [5.41, 5.74) is 0. The van der Waals surface area contributed by atoms with Gasteiger partial charge in [-0.05, 0) is 18.8 Å². The Labute approximate surface area is 127 Å². The molecule has 0 aliphatic carbocycles.